The van der Waals surface area contributed by atoms with Crippen LogP contribution in [-0.4, -0.2) is 92.7 Å². The molecule has 1 aromatic heterocycles. The molecular formula is C18H32N6O5. The van der Waals surface area contributed by atoms with Crippen LogP contribution >= 0.6 is 0 Å². The molecule has 0 bridgehead atoms. The Morgan fingerprint density at radius 1 is 1.17 bits per heavy atom. The monoisotopic (exact) mass is 412 g/mol. The van der Waals surface area contributed by atoms with Crippen molar-refractivity contribution in [1.82, 2.24) is 19.9 Å². The highest BCUT2D eigenvalue weighted by Gasteiger charge is 2.43. The standard InChI is InChI=1S/C18H32N6O5/c19-13-8-14(20)17(29-11-15(26)23-4-2-1-3-5-23)18(16(13)27)28-10-12-9-24(6-7-25)22-21-12/h9,13-14,16-18,25,27H,1-8,10-11,19-20H2/t13-,14+,16+,17-,18-/m0/s1. The fourth-order valence-electron chi connectivity index (χ4n) is 3.88. The Labute approximate surface area is 169 Å². The molecule has 0 radical (unpaired) electrons. The zero-order chi connectivity index (χ0) is 20.8. The van der Waals surface area contributed by atoms with Gasteiger partial charge in [-0.05, 0) is 25.7 Å². The second-order valence-corrected chi connectivity index (χ2v) is 7.74. The Balaban J connectivity index is 1.59. The van der Waals surface area contributed by atoms with Gasteiger partial charge in [-0.2, -0.15) is 0 Å². The summed E-state index contributed by atoms with van der Waals surface area (Å²) in [5, 5.41) is 27.4. The normalized spacial score (nSPS) is 30.5. The maximum absolute atomic E-state index is 12.4. The van der Waals surface area contributed by atoms with E-state index < -0.39 is 30.4 Å². The van der Waals surface area contributed by atoms with Crippen molar-refractivity contribution < 1.29 is 24.5 Å². The minimum atomic E-state index is -0.975. The first-order valence-corrected chi connectivity index (χ1v) is 10.2. The Hall–Kier alpha value is -1.63. The molecule has 2 aliphatic rings. The van der Waals surface area contributed by atoms with E-state index in [2.05, 4.69) is 10.3 Å². The summed E-state index contributed by atoms with van der Waals surface area (Å²) in [4.78, 5) is 14.2. The third-order valence-corrected chi connectivity index (χ3v) is 5.51. The first-order chi connectivity index (χ1) is 14.0. The van der Waals surface area contributed by atoms with Gasteiger partial charge in [0.2, 0.25) is 5.91 Å². The Morgan fingerprint density at radius 3 is 2.66 bits per heavy atom. The summed E-state index contributed by atoms with van der Waals surface area (Å²) in [5.74, 6) is -0.0769. The van der Waals surface area contributed by atoms with Gasteiger partial charge in [0.25, 0.3) is 0 Å². The molecule has 1 aliphatic heterocycles. The molecule has 29 heavy (non-hydrogen) atoms. The predicted octanol–water partition coefficient (Wildman–Crippen LogP) is -2.03. The average Bonchev–Trinajstić information content (AvgIpc) is 3.17. The van der Waals surface area contributed by atoms with Crippen molar-refractivity contribution >= 4 is 5.91 Å². The number of ether oxygens (including phenoxy) is 2. The van der Waals surface area contributed by atoms with Gasteiger partial charge in [-0.1, -0.05) is 5.21 Å². The molecule has 1 saturated heterocycles. The van der Waals surface area contributed by atoms with E-state index in [1.165, 1.54) is 4.68 Å². The van der Waals surface area contributed by atoms with Gasteiger partial charge in [0, 0.05) is 25.2 Å². The van der Waals surface area contributed by atoms with Crippen LogP contribution in [0.5, 0.6) is 0 Å². The lowest BCUT2D eigenvalue weighted by Gasteiger charge is -2.42. The zero-order valence-corrected chi connectivity index (χ0v) is 16.6. The van der Waals surface area contributed by atoms with Gasteiger partial charge in [0.1, 0.15) is 24.5 Å². The van der Waals surface area contributed by atoms with Gasteiger partial charge < -0.3 is 36.1 Å². The number of aromatic nitrogens is 3. The van der Waals surface area contributed by atoms with Crippen LogP contribution in [0, 0.1) is 0 Å². The molecule has 1 aliphatic carbocycles. The summed E-state index contributed by atoms with van der Waals surface area (Å²) < 4.78 is 13.2. The molecule has 1 amide bonds. The van der Waals surface area contributed by atoms with E-state index in [-0.39, 0.29) is 25.7 Å². The first kappa shape index (κ1) is 22.1. The molecule has 2 heterocycles. The number of amides is 1. The highest BCUT2D eigenvalue weighted by atomic mass is 16.6. The molecule has 0 aromatic carbocycles. The smallest absolute Gasteiger partial charge is 0.248 e. The minimum absolute atomic E-state index is 0.0460. The largest absolute Gasteiger partial charge is 0.394 e. The van der Waals surface area contributed by atoms with Crippen LogP contribution in [-0.2, 0) is 27.4 Å². The molecule has 6 N–H and O–H groups in total. The number of hydrogen-bond acceptors (Lipinski definition) is 9. The summed E-state index contributed by atoms with van der Waals surface area (Å²) in [6.45, 7) is 1.75. The van der Waals surface area contributed by atoms with Crippen molar-refractivity contribution in [2.45, 2.75) is 69.2 Å². The maximum atomic E-state index is 12.4. The van der Waals surface area contributed by atoms with Crippen LogP contribution in [0.25, 0.3) is 0 Å². The molecule has 11 heteroatoms. The fraction of sp³-hybridized carbons (Fsp3) is 0.833. The Bertz CT molecular complexity index is 652. The number of carbonyl (C=O) groups is 1. The topological polar surface area (TPSA) is 162 Å². The van der Waals surface area contributed by atoms with Gasteiger partial charge in [0.05, 0.1) is 32.1 Å². The van der Waals surface area contributed by atoms with Crippen molar-refractivity contribution in [2.24, 2.45) is 11.5 Å². The molecular weight excluding hydrogens is 380 g/mol. The second kappa shape index (κ2) is 10.4. The summed E-state index contributed by atoms with van der Waals surface area (Å²) in [6, 6.07) is -1.00. The van der Waals surface area contributed by atoms with E-state index >= 15 is 0 Å². The number of rotatable bonds is 8. The number of piperidine rings is 1. The molecule has 0 unspecified atom stereocenters. The number of carbonyl (C=O) groups excluding carboxylic acids is 1. The minimum Gasteiger partial charge on any atom is -0.394 e. The van der Waals surface area contributed by atoms with Crippen molar-refractivity contribution in [3.63, 3.8) is 0 Å². The van der Waals surface area contributed by atoms with Crippen LogP contribution in [0.15, 0.2) is 6.20 Å². The summed E-state index contributed by atoms with van der Waals surface area (Å²) in [6.07, 6.45) is 2.75. The van der Waals surface area contributed by atoms with Crippen LogP contribution in [0.2, 0.25) is 0 Å². The molecule has 11 nitrogen and oxygen atoms in total. The van der Waals surface area contributed by atoms with Gasteiger partial charge in [0.15, 0.2) is 0 Å². The number of hydrogen-bond donors (Lipinski definition) is 4. The number of nitrogens with two attached hydrogens (primary N) is 2. The number of aliphatic hydroxyl groups excluding tert-OH is 2. The predicted molar refractivity (Wildman–Crippen MR) is 102 cm³/mol. The Kier molecular flexibility index (Phi) is 7.92. The number of nitrogens with zero attached hydrogens (tertiary/aromatic N) is 4. The Morgan fingerprint density at radius 2 is 1.93 bits per heavy atom. The quantitative estimate of drug-likeness (QED) is 0.377. The van der Waals surface area contributed by atoms with Crippen LogP contribution < -0.4 is 11.5 Å². The number of aliphatic hydroxyl groups is 2. The van der Waals surface area contributed by atoms with Gasteiger partial charge in [-0.3, -0.25) is 4.79 Å². The number of likely N-dealkylation sites (tertiary alicyclic amines) is 1. The van der Waals surface area contributed by atoms with Crippen molar-refractivity contribution in [3.05, 3.63) is 11.9 Å². The summed E-state index contributed by atoms with van der Waals surface area (Å²) in [5.41, 5.74) is 12.8. The fourth-order valence-corrected chi connectivity index (χ4v) is 3.88. The molecule has 1 saturated carbocycles. The van der Waals surface area contributed by atoms with Crippen LogP contribution in [0.1, 0.15) is 31.4 Å². The molecule has 2 fully saturated rings. The van der Waals surface area contributed by atoms with Gasteiger partial charge >= 0.3 is 0 Å². The highest BCUT2D eigenvalue weighted by Crippen LogP contribution is 2.24. The van der Waals surface area contributed by atoms with Crippen molar-refractivity contribution in [1.29, 1.82) is 0 Å². The van der Waals surface area contributed by atoms with Gasteiger partial charge in [-0.25, -0.2) is 4.68 Å². The van der Waals surface area contributed by atoms with E-state index in [9.17, 15) is 9.90 Å². The molecule has 3 rings (SSSR count). The zero-order valence-electron chi connectivity index (χ0n) is 16.6. The first-order valence-electron chi connectivity index (χ1n) is 10.2. The third kappa shape index (κ3) is 5.71. The molecule has 1 aromatic rings. The van der Waals surface area contributed by atoms with E-state index in [0.29, 0.717) is 18.7 Å². The third-order valence-electron chi connectivity index (χ3n) is 5.51. The van der Waals surface area contributed by atoms with Gasteiger partial charge in [-0.15, -0.1) is 5.10 Å². The molecule has 164 valence electrons. The summed E-state index contributed by atoms with van der Waals surface area (Å²) >= 11 is 0. The van der Waals surface area contributed by atoms with Crippen molar-refractivity contribution in [2.75, 3.05) is 26.3 Å². The maximum Gasteiger partial charge on any atom is 0.248 e. The molecule has 5 atom stereocenters. The van der Waals surface area contributed by atoms with E-state index in [1.54, 1.807) is 11.1 Å². The lowest BCUT2D eigenvalue weighted by Crippen LogP contribution is -2.63. The van der Waals surface area contributed by atoms with E-state index in [4.69, 9.17) is 26.0 Å². The lowest BCUT2D eigenvalue weighted by molar-refractivity contribution is -0.168. The lowest BCUT2D eigenvalue weighted by atomic mass is 9.84. The van der Waals surface area contributed by atoms with Crippen LogP contribution in [0.3, 0.4) is 0 Å². The average molecular weight is 412 g/mol. The SMILES string of the molecule is N[C@@H]1C[C@H](N)[C@@H](O)[C@H](OCc2cn(CCO)nn2)[C@H]1OCC(=O)N1CCCCC1. The summed E-state index contributed by atoms with van der Waals surface area (Å²) in [7, 11) is 0. The van der Waals surface area contributed by atoms with Crippen LogP contribution in [0.4, 0.5) is 0 Å². The van der Waals surface area contributed by atoms with E-state index in [0.717, 1.165) is 32.4 Å². The molecule has 0 spiro atoms. The van der Waals surface area contributed by atoms with E-state index in [1.807, 2.05) is 0 Å². The second-order valence-electron chi connectivity index (χ2n) is 7.74. The van der Waals surface area contributed by atoms with Crippen molar-refractivity contribution in [3.8, 4) is 0 Å². The highest BCUT2D eigenvalue weighted by molar-refractivity contribution is 5.77.